The molecule has 0 fully saturated rings. The molecule has 0 amide bonds. The summed E-state index contributed by atoms with van der Waals surface area (Å²) in [5.74, 6) is 0.976. The average molecular weight is 259 g/mol. The van der Waals surface area contributed by atoms with Gasteiger partial charge in [0.15, 0.2) is 0 Å². The zero-order valence-corrected chi connectivity index (χ0v) is 12.6. The van der Waals surface area contributed by atoms with Gasteiger partial charge in [-0.05, 0) is 25.5 Å². The van der Waals surface area contributed by atoms with Gasteiger partial charge in [-0.15, -0.1) is 0 Å². The molecule has 0 radical (unpaired) electrons. The molecule has 2 aromatic rings. The number of benzene rings is 1. The van der Waals surface area contributed by atoms with E-state index in [1.165, 1.54) is 18.2 Å². The lowest BCUT2D eigenvalue weighted by Gasteiger charge is -2.09. The van der Waals surface area contributed by atoms with E-state index in [4.69, 9.17) is 4.74 Å². The number of fused-ring (bicyclic) bond motifs is 1. The molecule has 0 aliphatic heterocycles. The quantitative estimate of drug-likeness (QED) is 0.694. The highest BCUT2D eigenvalue weighted by Crippen LogP contribution is 2.26. The monoisotopic (exact) mass is 259 g/mol. The zero-order chi connectivity index (χ0) is 14.1. The first-order valence-corrected chi connectivity index (χ1v) is 7.30. The molecule has 0 spiro atoms. The van der Waals surface area contributed by atoms with E-state index < -0.39 is 0 Å². The van der Waals surface area contributed by atoms with Gasteiger partial charge in [-0.25, -0.2) is 0 Å². The molecule has 0 aliphatic carbocycles. The van der Waals surface area contributed by atoms with Crippen LogP contribution in [0.5, 0.6) is 5.75 Å². The van der Waals surface area contributed by atoms with E-state index in [9.17, 15) is 0 Å². The van der Waals surface area contributed by atoms with Crippen molar-refractivity contribution in [3.05, 3.63) is 36.2 Å². The predicted octanol–water partition coefficient (Wildman–Crippen LogP) is 5.14. The molecule has 2 rings (SSSR count). The van der Waals surface area contributed by atoms with Crippen molar-refractivity contribution >= 4 is 10.8 Å². The zero-order valence-electron chi connectivity index (χ0n) is 12.6. The second kappa shape index (κ2) is 8.52. The summed E-state index contributed by atoms with van der Waals surface area (Å²) in [5, 5.41) is 2.34. The minimum Gasteiger partial charge on any atom is -0.493 e. The van der Waals surface area contributed by atoms with Crippen LogP contribution in [0.25, 0.3) is 10.8 Å². The highest BCUT2D eigenvalue weighted by atomic mass is 16.5. The van der Waals surface area contributed by atoms with Gasteiger partial charge in [-0.1, -0.05) is 45.7 Å². The van der Waals surface area contributed by atoms with Crippen LogP contribution in [-0.2, 0) is 0 Å². The van der Waals surface area contributed by atoms with Crippen LogP contribution in [0, 0.1) is 6.92 Å². The van der Waals surface area contributed by atoms with Gasteiger partial charge in [0.1, 0.15) is 5.75 Å². The van der Waals surface area contributed by atoms with E-state index in [-0.39, 0.29) is 0 Å². The lowest BCUT2D eigenvalue weighted by molar-refractivity contribution is 0.310. The first-order valence-electron chi connectivity index (χ1n) is 7.30. The Hall–Kier alpha value is -1.57. The van der Waals surface area contributed by atoms with Crippen molar-refractivity contribution in [3.63, 3.8) is 0 Å². The molecule has 19 heavy (non-hydrogen) atoms. The fourth-order valence-corrected chi connectivity index (χ4v) is 1.98. The Morgan fingerprint density at radius 1 is 1.05 bits per heavy atom. The van der Waals surface area contributed by atoms with Gasteiger partial charge in [0.2, 0.25) is 0 Å². The molecular weight excluding hydrogens is 234 g/mol. The van der Waals surface area contributed by atoms with Crippen LogP contribution in [0.1, 0.15) is 45.7 Å². The number of aryl methyl sites for hydroxylation is 1. The van der Waals surface area contributed by atoms with E-state index in [0.717, 1.165) is 29.9 Å². The van der Waals surface area contributed by atoms with Crippen molar-refractivity contribution in [2.24, 2.45) is 0 Å². The highest BCUT2D eigenvalue weighted by molar-refractivity contribution is 5.89. The summed E-state index contributed by atoms with van der Waals surface area (Å²) in [5.41, 5.74) is 1.06. The van der Waals surface area contributed by atoms with Gasteiger partial charge >= 0.3 is 0 Å². The number of ether oxygens (including phenoxy) is 1. The van der Waals surface area contributed by atoms with Crippen LogP contribution in [-0.4, -0.2) is 11.6 Å². The molecule has 0 aliphatic rings. The third-order valence-electron chi connectivity index (χ3n) is 2.97. The number of unbranched alkanes of at least 4 members (excludes halogenated alkanes) is 2. The number of hydrogen-bond donors (Lipinski definition) is 0. The Kier molecular flexibility index (Phi) is 6.94. The summed E-state index contributed by atoms with van der Waals surface area (Å²) in [4.78, 5) is 4.30. The molecule has 104 valence electrons. The van der Waals surface area contributed by atoms with E-state index in [1.807, 2.05) is 45.2 Å². The maximum absolute atomic E-state index is 5.85. The van der Waals surface area contributed by atoms with Crippen LogP contribution in [0.4, 0.5) is 0 Å². The standard InChI is InChI=1S/C15H19NO.C2H6/c1-3-4-5-11-17-15-8-6-7-13-12(2)16-10-9-14(13)15;1-2/h6-10H,3-5,11H2,1-2H3;1-2H3. The van der Waals surface area contributed by atoms with Crippen LogP contribution in [0.3, 0.4) is 0 Å². The van der Waals surface area contributed by atoms with Gasteiger partial charge in [0, 0.05) is 22.7 Å². The Labute approximate surface area is 116 Å². The minimum absolute atomic E-state index is 0.800. The first-order chi connectivity index (χ1) is 9.33. The topological polar surface area (TPSA) is 22.1 Å². The van der Waals surface area contributed by atoms with Gasteiger partial charge < -0.3 is 4.74 Å². The van der Waals surface area contributed by atoms with Crippen molar-refractivity contribution in [1.29, 1.82) is 0 Å². The van der Waals surface area contributed by atoms with E-state index in [2.05, 4.69) is 18.0 Å². The average Bonchev–Trinajstić information content (AvgIpc) is 2.46. The van der Waals surface area contributed by atoms with Crippen molar-refractivity contribution in [2.75, 3.05) is 6.61 Å². The Balaban J connectivity index is 0.000000861. The van der Waals surface area contributed by atoms with E-state index in [0.29, 0.717) is 0 Å². The smallest absolute Gasteiger partial charge is 0.127 e. The molecule has 0 saturated carbocycles. The summed E-state index contributed by atoms with van der Waals surface area (Å²) in [6.07, 6.45) is 5.42. The van der Waals surface area contributed by atoms with Gasteiger partial charge in [0.25, 0.3) is 0 Å². The fraction of sp³-hybridized carbons (Fsp3) is 0.471. The van der Waals surface area contributed by atoms with Crippen LogP contribution < -0.4 is 4.74 Å². The van der Waals surface area contributed by atoms with Crippen LogP contribution in [0.2, 0.25) is 0 Å². The summed E-state index contributed by atoms with van der Waals surface area (Å²) in [6, 6.07) is 8.19. The van der Waals surface area contributed by atoms with E-state index in [1.54, 1.807) is 0 Å². The van der Waals surface area contributed by atoms with Crippen LogP contribution in [0.15, 0.2) is 30.5 Å². The molecule has 0 saturated heterocycles. The maximum atomic E-state index is 5.85. The molecular formula is C17H25NO. The summed E-state index contributed by atoms with van der Waals surface area (Å²) in [7, 11) is 0. The van der Waals surface area contributed by atoms with E-state index >= 15 is 0 Å². The Bertz CT molecular complexity index is 494. The molecule has 2 nitrogen and oxygen atoms in total. The Morgan fingerprint density at radius 3 is 2.58 bits per heavy atom. The summed E-state index contributed by atoms with van der Waals surface area (Å²) < 4.78 is 5.85. The Morgan fingerprint density at radius 2 is 1.84 bits per heavy atom. The molecule has 0 bridgehead atoms. The fourth-order valence-electron chi connectivity index (χ4n) is 1.98. The molecule has 0 N–H and O–H groups in total. The predicted molar refractivity (Wildman–Crippen MR) is 82.8 cm³/mol. The minimum atomic E-state index is 0.800. The molecule has 2 heteroatoms. The van der Waals surface area contributed by atoms with Crippen molar-refractivity contribution in [3.8, 4) is 5.75 Å². The first kappa shape index (κ1) is 15.5. The molecule has 1 aromatic heterocycles. The van der Waals surface area contributed by atoms with Crippen LogP contribution >= 0.6 is 0 Å². The number of pyridine rings is 1. The highest BCUT2D eigenvalue weighted by Gasteiger charge is 2.03. The van der Waals surface area contributed by atoms with Gasteiger partial charge in [0.05, 0.1) is 6.61 Å². The second-order valence-corrected chi connectivity index (χ2v) is 4.30. The molecule has 0 unspecified atom stereocenters. The normalized spacial score (nSPS) is 9.89. The second-order valence-electron chi connectivity index (χ2n) is 4.30. The molecule has 0 atom stereocenters. The molecule has 1 aromatic carbocycles. The lowest BCUT2D eigenvalue weighted by Crippen LogP contribution is -1.98. The van der Waals surface area contributed by atoms with Crippen molar-refractivity contribution < 1.29 is 4.74 Å². The van der Waals surface area contributed by atoms with Crippen molar-refractivity contribution in [1.82, 2.24) is 4.98 Å². The third-order valence-corrected chi connectivity index (χ3v) is 2.97. The summed E-state index contributed by atoms with van der Waals surface area (Å²) in [6.45, 7) is 9.03. The van der Waals surface area contributed by atoms with Gasteiger partial charge in [-0.2, -0.15) is 0 Å². The SMILES string of the molecule is CC.CCCCCOc1cccc2c(C)nccc12. The molecule has 1 heterocycles. The summed E-state index contributed by atoms with van der Waals surface area (Å²) >= 11 is 0. The number of nitrogens with zero attached hydrogens (tertiary/aromatic N) is 1. The third kappa shape index (κ3) is 4.23. The van der Waals surface area contributed by atoms with Gasteiger partial charge in [-0.3, -0.25) is 4.98 Å². The number of rotatable bonds is 5. The number of aromatic nitrogens is 1. The lowest BCUT2D eigenvalue weighted by atomic mass is 10.1. The largest absolute Gasteiger partial charge is 0.493 e. The van der Waals surface area contributed by atoms with Crippen molar-refractivity contribution in [2.45, 2.75) is 47.0 Å². The number of hydrogen-bond acceptors (Lipinski definition) is 2. The maximum Gasteiger partial charge on any atom is 0.127 e.